The Labute approximate surface area is 126 Å². The zero-order valence-corrected chi connectivity index (χ0v) is 13.5. The van der Waals surface area contributed by atoms with Crippen LogP contribution >= 0.6 is 0 Å². The van der Waals surface area contributed by atoms with Crippen LogP contribution in [0.1, 0.15) is 25.8 Å². The molecule has 0 fully saturated rings. The van der Waals surface area contributed by atoms with Gasteiger partial charge in [0.15, 0.2) is 9.84 Å². The Hall–Kier alpha value is -1.42. The summed E-state index contributed by atoms with van der Waals surface area (Å²) in [6.07, 6.45) is 1.57. The molecule has 1 rings (SSSR count). The van der Waals surface area contributed by atoms with Crippen LogP contribution in [0.4, 0.5) is 0 Å². The first-order valence-corrected chi connectivity index (χ1v) is 8.72. The van der Waals surface area contributed by atoms with Crippen molar-refractivity contribution in [3.05, 3.63) is 29.8 Å². The summed E-state index contributed by atoms with van der Waals surface area (Å²) in [6.45, 7) is 5.39. The van der Waals surface area contributed by atoms with E-state index < -0.39 is 15.4 Å². The van der Waals surface area contributed by atoms with Gasteiger partial charge in [0.05, 0.1) is 16.6 Å². The molecule has 1 atom stereocenters. The zero-order valence-electron chi connectivity index (χ0n) is 12.7. The monoisotopic (exact) mass is 310 g/mol. The fraction of sp³-hybridized carbons (Fsp3) is 0.533. The van der Waals surface area contributed by atoms with E-state index in [1.54, 1.807) is 19.1 Å². The van der Waals surface area contributed by atoms with Crippen molar-refractivity contribution in [2.24, 2.45) is 0 Å². The molecule has 6 heteroatoms. The van der Waals surface area contributed by atoms with Gasteiger partial charge < -0.3 is 5.11 Å². The Morgan fingerprint density at radius 2 is 1.90 bits per heavy atom. The summed E-state index contributed by atoms with van der Waals surface area (Å²) < 4.78 is 22.9. The van der Waals surface area contributed by atoms with E-state index in [4.69, 9.17) is 5.26 Å². The molecule has 0 aromatic heterocycles. The molecular formula is C15H22N2O3S. The van der Waals surface area contributed by atoms with E-state index in [0.717, 1.165) is 12.8 Å². The van der Waals surface area contributed by atoms with Gasteiger partial charge >= 0.3 is 0 Å². The van der Waals surface area contributed by atoms with E-state index in [9.17, 15) is 13.5 Å². The van der Waals surface area contributed by atoms with Crippen LogP contribution in [-0.2, 0) is 15.4 Å². The first-order chi connectivity index (χ1) is 9.70. The van der Waals surface area contributed by atoms with E-state index in [1.807, 2.05) is 11.8 Å². The number of benzene rings is 1. The Bertz CT molecular complexity index is 601. The maximum absolute atomic E-state index is 11.4. The number of sulfone groups is 1. The molecule has 1 aromatic carbocycles. The number of hydrogen-bond acceptors (Lipinski definition) is 5. The number of aliphatic hydroxyl groups is 1. The summed E-state index contributed by atoms with van der Waals surface area (Å²) in [4.78, 5) is 2.23. The van der Waals surface area contributed by atoms with Crippen molar-refractivity contribution in [2.45, 2.75) is 30.8 Å². The summed E-state index contributed by atoms with van der Waals surface area (Å²) in [6, 6.07) is 8.37. The van der Waals surface area contributed by atoms with E-state index in [2.05, 4.69) is 6.07 Å². The Kier molecular flexibility index (Phi) is 5.90. The highest BCUT2D eigenvalue weighted by Crippen LogP contribution is 2.23. The molecule has 1 unspecified atom stereocenters. The van der Waals surface area contributed by atoms with Gasteiger partial charge in [0.2, 0.25) is 0 Å². The van der Waals surface area contributed by atoms with E-state index in [1.165, 1.54) is 12.1 Å². The molecule has 0 saturated carbocycles. The van der Waals surface area contributed by atoms with Gasteiger partial charge in [-0.3, -0.25) is 4.90 Å². The van der Waals surface area contributed by atoms with Gasteiger partial charge in [-0.1, -0.05) is 19.1 Å². The van der Waals surface area contributed by atoms with Crippen molar-refractivity contribution in [1.82, 2.24) is 4.90 Å². The van der Waals surface area contributed by atoms with Crippen molar-refractivity contribution in [3.8, 4) is 6.07 Å². The minimum absolute atomic E-state index is 0.235. The molecule has 0 saturated heterocycles. The molecule has 0 aliphatic carbocycles. The number of hydrogen-bond donors (Lipinski definition) is 1. The summed E-state index contributed by atoms with van der Waals surface area (Å²) in [7, 11) is -3.23. The lowest BCUT2D eigenvalue weighted by atomic mass is 9.95. The molecule has 0 amide bonds. The number of nitrogens with zero attached hydrogens (tertiary/aromatic N) is 2. The minimum atomic E-state index is -3.23. The van der Waals surface area contributed by atoms with Crippen LogP contribution in [0.2, 0.25) is 0 Å². The molecule has 1 N–H and O–H groups in total. The largest absolute Gasteiger partial charge is 0.384 e. The van der Waals surface area contributed by atoms with Gasteiger partial charge in [-0.15, -0.1) is 0 Å². The molecule has 5 nitrogen and oxygen atoms in total. The second kappa shape index (κ2) is 7.03. The molecule has 1 aromatic rings. The normalized spacial score (nSPS) is 14.7. The van der Waals surface area contributed by atoms with Crippen LogP contribution in [0.3, 0.4) is 0 Å². The van der Waals surface area contributed by atoms with Gasteiger partial charge in [0.1, 0.15) is 0 Å². The maximum Gasteiger partial charge on any atom is 0.175 e. The fourth-order valence-corrected chi connectivity index (χ4v) is 2.78. The van der Waals surface area contributed by atoms with E-state index in [0.29, 0.717) is 25.1 Å². The average Bonchev–Trinajstić information content (AvgIpc) is 2.42. The number of rotatable bonds is 7. The molecule has 0 aliphatic heterocycles. The SMILES string of the molecule is CCN(CCC#N)CC(C)(O)c1ccc(S(C)(=O)=O)cc1. The lowest BCUT2D eigenvalue weighted by Gasteiger charge is -2.31. The third-order valence-corrected chi connectivity index (χ3v) is 4.55. The maximum atomic E-state index is 11.4. The first-order valence-electron chi connectivity index (χ1n) is 6.83. The molecule has 0 heterocycles. The summed E-state index contributed by atoms with van der Waals surface area (Å²) >= 11 is 0. The minimum Gasteiger partial charge on any atom is -0.384 e. The van der Waals surface area contributed by atoms with E-state index >= 15 is 0 Å². The molecule has 116 valence electrons. The van der Waals surface area contributed by atoms with Crippen molar-refractivity contribution >= 4 is 9.84 Å². The Morgan fingerprint density at radius 3 is 2.33 bits per heavy atom. The third-order valence-electron chi connectivity index (χ3n) is 3.42. The molecular weight excluding hydrogens is 288 g/mol. The Balaban J connectivity index is 2.89. The molecule has 0 bridgehead atoms. The first kappa shape index (κ1) is 17.6. The Morgan fingerprint density at radius 1 is 1.33 bits per heavy atom. The summed E-state index contributed by atoms with van der Waals surface area (Å²) in [5.41, 5.74) is -0.438. The van der Waals surface area contributed by atoms with Crippen LogP contribution < -0.4 is 0 Å². The smallest absolute Gasteiger partial charge is 0.175 e. The fourth-order valence-electron chi connectivity index (χ4n) is 2.14. The van der Waals surface area contributed by atoms with E-state index in [-0.39, 0.29) is 4.90 Å². The van der Waals surface area contributed by atoms with Crippen LogP contribution in [0.5, 0.6) is 0 Å². The topological polar surface area (TPSA) is 81.4 Å². The molecule has 0 aliphatic rings. The standard InChI is InChI=1S/C15H22N2O3S/c1-4-17(11-5-10-16)12-15(2,18)13-6-8-14(9-7-13)21(3,19)20/h6-9,18H,4-5,11-12H2,1-3H3. The number of likely N-dealkylation sites (N-methyl/N-ethyl adjacent to an activating group) is 1. The van der Waals surface area contributed by atoms with Crippen molar-refractivity contribution in [1.29, 1.82) is 5.26 Å². The summed E-state index contributed by atoms with van der Waals surface area (Å²) in [5, 5.41) is 19.2. The molecule has 0 spiro atoms. The third kappa shape index (κ3) is 5.12. The quantitative estimate of drug-likeness (QED) is 0.826. The summed E-state index contributed by atoms with van der Waals surface area (Å²) in [5.74, 6) is 0. The van der Waals surface area contributed by atoms with Gasteiger partial charge in [-0.2, -0.15) is 5.26 Å². The highest BCUT2D eigenvalue weighted by atomic mass is 32.2. The van der Waals surface area contributed by atoms with Gasteiger partial charge in [-0.25, -0.2) is 8.42 Å². The van der Waals surface area contributed by atoms with Crippen LogP contribution in [0.25, 0.3) is 0 Å². The number of nitriles is 1. The lowest BCUT2D eigenvalue weighted by Crippen LogP contribution is -2.39. The van der Waals surface area contributed by atoms with Crippen LogP contribution in [-0.4, -0.2) is 44.3 Å². The van der Waals surface area contributed by atoms with Crippen LogP contribution in [0, 0.1) is 11.3 Å². The van der Waals surface area contributed by atoms with Crippen molar-refractivity contribution < 1.29 is 13.5 Å². The molecule has 0 radical (unpaired) electrons. The highest BCUT2D eigenvalue weighted by molar-refractivity contribution is 7.90. The van der Waals surface area contributed by atoms with Crippen LogP contribution in [0.15, 0.2) is 29.2 Å². The average molecular weight is 310 g/mol. The van der Waals surface area contributed by atoms with Gasteiger partial charge in [0, 0.05) is 25.8 Å². The van der Waals surface area contributed by atoms with Crippen molar-refractivity contribution in [2.75, 3.05) is 25.9 Å². The lowest BCUT2D eigenvalue weighted by molar-refractivity contribution is 0.0178. The highest BCUT2D eigenvalue weighted by Gasteiger charge is 2.26. The van der Waals surface area contributed by atoms with Crippen molar-refractivity contribution in [3.63, 3.8) is 0 Å². The second-order valence-electron chi connectivity index (χ2n) is 5.35. The predicted molar refractivity (Wildman–Crippen MR) is 81.5 cm³/mol. The predicted octanol–water partition coefficient (Wildman–Crippen LogP) is 1.53. The van der Waals surface area contributed by atoms with Gasteiger partial charge in [0.25, 0.3) is 0 Å². The molecule has 21 heavy (non-hydrogen) atoms. The zero-order chi connectivity index (χ0) is 16.1. The van der Waals surface area contributed by atoms with Gasteiger partial charge in [-0.05, 0) is 31.2 Å². The second-order valence-corrected chi connectivity index (χ2v) is 7.36.